The lowest BCUT2D eigenvalue weighted by atomic mass is 10.2. The van der Waals surface area contributed by atoms with Crippen molar-refractivity contribution >= 4 is 17.4 Å². The fourth-order valence-electron chi connectivity index (χ4n) is 2.81. The summed E-state index contributed by atoms with van der Waals surface area (Å²) in [6.07, 6.45) is 7.36. The maximum absolute atomic E-state index is 12.3. The lowest BCUT2D eigenvalue weighted by molar-refractivity contribution is -0.126. The second-order valence-electron chi connectivity index (χ2n) is 5.63. The lowest BCUT2D eigenvalue weighted by Crippen LogP contribution is -2.32. The molecule has 0 bridgehead atoms. The van der Waals surface area contributed by atoms with E-state index in [2.05, 4.69) is 15.4 Å². The summed E-state index contributed by atoms with van der Waals surface area (Å²) in [5.41, 5.74) is 1.66. The van der Waals surface area contributed by atoms with Gasteiger partial charge in [0.05, 0.1) is 0 Å². The van der Waals surface area contributed by atoms with Gasteiger partial charge in [-0.15, -0.1) is 5.10 Å². The molecule has 1 N–H and O–H groups in total. The Balaban J connectivity index is 1.63. The van der Waals surface area contributed by atoms with Gasteiger partial charge in [-0.1, -0.05) is 13.0 Å². The number of fused-ring (bicyclic) bond motifs is 1. The number of imidazole rings is 1. The Bertz CT molecular complexity index is 705. The highest BCUT2D eigenvalue weighted by molar-refractivity contribution is 5.93. The Kier molecular flexibility index (Phi) is 4.09. The molecule has 0 aliphatic carbocycles. The summed E-state index contributed by atoms with van der Waals surface area (Å²) >= 11 is 0. The van der Waals surface area contributed by atoms with Crippen molar-refractivity contribution in [2.24, 2.45) is 0 Å². The van der Waals surface area contributed by atoms with E-state index in [1.807, 2.05) is 43.2 Å². The minimum absolute atomic E-state index is 0.143. The molecular weight excluding hydrogens is 278 g/mol. The summed E-state index contributed by atoms with van der Waals surface area (Å²) < 4.78 is 1.74. The van der Waals surface area contributed by atoms with Gasteiger partial charge in [0.25, 0.3) is 0 Å². The van der Waals surface area contributed by atoms with Gasteiger partial charge in [-0.25, -0.2) is 9.50 Å². The van der Waals surface area contributed by atoms with Crippen LogP contribution in [0.4, 0.5) is 5.82 Å². The molecule has 0 aromatic carbocycles. The van der Waals surface area contributed by atoms with Crippen molar-refractivity contribution < 1.29 is 4.79 Å². The monoisotopic (exact) mass is 299 g/mol. The Hall–Kier alpha value is -2.37. The Morgan fingerprint density at radius 1 is 1.50 bits per heavy atom. The third kappa shape index (κ3) is 2.95. The highest BCUT2D eigenvalue weighted by atomic mass is 16.2. The fourth-order valence-corrected chi connectivity index (χ4v) is 2.81. The van der Waals surface area contributed by atoms with Crippen molar-refractivity contribution in [2.45, 2.75) is 32.7 Å². The number of anilines is 1. The number of amides is 1. The van der Waals surface area contributed by atoms with E-state index in [4.69, 9.17) is 0 Å². The number of carbonyl (C=O) groups excluding carboxylic acids is 1. The van der Waals surface area contributed by atoms with Crippen LogP contribution in [0.1, 0.15) is 26.7 Å². The maximum atomic E-state index is 12.3. The SMILES string of the molecule is CC/C=C(\C)C(=O)N1CCC(Nc2ccc3nccn3n2)C1. The van der Waals surface area contributed by atoms with Crippen LogP contribution in [-0.4, -0.2) is 44.5 Å². The molecule has 1 aliphatic rings. The normalized spacial score (nSPS) is 18.9. The summed E-state index contributed by atoms with van der Waals surface area (Å²) in [5.74, 6) is 0.954. The Morgan fingerprint density at radius 2 is 2.36 bits per heavy atom. The van der Waals surface area contributed by atoms with Gasteiger partial charge >= 0.3 is 0 Å². The zero-order valence-electron chi connectivity index (χ0n) is 13.0. The Morgan fingerprint density at radius 3 is 3.18 bits per heavy atom. The van der Waals surface area contributed by atoms with Crippen molar-refractivity contribution in [2.75, 3.05) is 18.4 Å². The highest BCUT2D eigenvalue weighted by Crippen LogP contribution is 2.17. The standard InChI is InChI=1S/C16H21N5O/c1-3-4-12(2)16(22)20-9-7-13(11-20)18-14-5-6-15-17-8-10-21(15)19-14/h4-6,8,10,13H,3,7,9,11H2,1-2H3,(H,18,19)/b12-4+. The fraction of sp³-hybridized carbons (Fsp3) is 0.438. The minimum Gasteiger partial charge on any atom is -0.364 e. The Labute approximate surface area is 129 Å². The second-order valence-corrected chi connectivity index (χ2v) is 5.63. The van der Waals surface area contributed by atoms with Gasteiger partial charge in [0.1, 0.15) is 5.82 Å². The highest BCUT2D eigenvalue weighted by Gasteiger charge is 2.26. The molecule has 22 heavy (non-hydrogen) atoms. The summed E-state index contributed by atoms with van der Waals surface area (Å²) in [6, 6.07) is 4.10. The third-order valence-corrected chi connectivity index (χ3v) is 3.93. The topological polar surface area (TPSA) is 62.5 Å². The van der Waals surface area contributed by atoms with Crippen LogP contribution in [0.2, 0.25) is 0 Å². The van der Waals surface area contributed by atoms with Crippen LogP contribution < -0.4 is 5.32 Å². The largest absolute Gasteiger partial charge is 0.364 e. The molecule has 1 aliphatic heterocycles. The van der Waals surface area contributed by atoms with Crippen LogP contribution in [0.25, 0.3) is 5.65 Å². The van der Waals surface area contributed by atoms with E-state index in [0.29, 0.717) is 0 Å². The molecule has 1 saturated heterocycles. The number of nitrogens with zero attached hydrogens (tertiary/aromatic N) is 4. The number of rotatable bonds is 4. The molecule has 0 spiro atoms. The van der Waals surface area contributed by atoms with E-state index in [1.54, 1.807) is 10.7 Å². The van der Waals surface area contributed by atoms with Crippen LogP contribution in [0.15, 0.2) is 36.2 Å². The second kappa shape index (κ2) is 6.17. The van der Waals surface area contributed by atoms with Crippen LogP contribution >= 0.6 is 0 Å². The van der Waals surface area contributed by atoms with E-state index in [1.165, 1.54) is 0 Å². The zero-order valence-corrected chi connectivity index (χ0v) is 13.0. The van der Waals surface area contributed by atoms with Gasteiger partial charge < -0.3 is 10.2 Å². The smallest absolute Gasteiger partial charge is 0.249 e. The van der Waals surface area contributed by atoms with Gasteiger partial charge in [-0.05, 0) is 31.9 Å². The molecule has 1 amide bonds. The first-order valence-electron chi connectivity index (χ1n) is 7.70. The molecule has 3 heterocycles. The van der Waals surface area contributed by atoms with E-state index >= 15 is 0 Å². The molecule has 2 aromatic rings. The number of allylic oxidation sites excluding steroid dienone is 1. The number of hydrogen-bond acceptors (Lipinski definition) is 4. The molecule has 1 unspecified atom stereocenters. The molecule has 1 atom stereocenters. The van der Waals surface area contributed by atoms with Gasteiger partial charge in [0.15, 0.2) is 5.65 Å². The summed E-state index contributed by atoms with van der Waals surface area (Å²) in [5, 5.41) is 7.87. The molecule has 6 heteroatoms. The zero-order chi connectivity index (χ0) is 15.5. The number of carbonyl (C=O) groups is 1. The quantitative estimate of drug-likeness (QED) is 0.878. The van der Waals surface area contributed by atoms with Crippen LogP contribution in [0, 0.1) is 0 Å². The van der Waals surface area contributed by atoms with Crippen molar-refractivity contribution in [3.63, 3.8) is 0 Å². The summed E-state index contributed by atoms with van der Waals surface area (Å²) in [7, 11) is 0. The van der Waals surface area contributed by atoms with Gasteiger partial charge in [0, 0.05) is 37.1 Å². The lowest BCUT2D eigenvalue weighted by Gasteiger charge is -2.17. The van der Waals surface area contributed by atoms with Gasteiger partial charge in [0.2, 0.25) is 5.91 Å². The first-order chi connectivity index (χ1) is 10.7. The van der Waals surface area contributed by atoms with E-state index < -0.39 is 0 Å². The molecule has 116 valence electrons. The summed E-state index contributed by atoms with van der Waals surface area (Å²) in [4.78, 5) is 18.4. The average Bonchev–Trinajstić information content (AvgIpc) is 3.15. The van der Waals surface area contributed by atoms with E-state index in [9.17, 15) is 4.79 Å². The minimum atomic E-state index is 0.143. The van der Waals surface area contributed by atoms with Crippen LogP contribution in [0.3, 0.4) is 0 Å². The first kappa shape index (κ1) is 14.6. The van der Waals surface area contributed by atoms with Crippen molar-refractivity contribution in [1.82, 2.24) is 19.5 Å². The molecule has 1 fully saturated rings. The van der Waals surface area contributed by atoms with Crippen LogP contribution in [0.5, 0.6) is 0 Å². The number of likely N-dealkylation sites (tertiary alicyclic amines) is 1. The van der Waals surface area contributed by atoms with Crippen molar-refractivity contribution in [1.29, 1.82) is 0 Å². The molecular formula is C16H21N5O. The molecule has 2 aromatic heterocycles. The van der Waals surface area contributed by atoms with Crippen molar-refractivity contribution in [3.8, 4) is 0 Å². The maximum Gasteiger partial charge on any atom is 0.249 e. The molecule has 6 nitrogen and oxygen atoms in total. The molecule has 0 radical (unpaired) electrons. The van der Waals surface area contributed by atoms with E-state index in [0.717, 1.165) is 43.0 Å². The molecule has 3 rings (SSSR count). The number of hydrogen-bond donors (Lipinski definition) is 1. The third-order valence-electron chi connectivity index (χ3n) is 3.93. The predicted octanol–water partition coefficient (Wildman–Crippen LogP) is 2.10. The number of nitrogens with one attached hydrogen (secondary N) is 1. The molecule has 0 saturated carbocycles. The van der Waals surface area contributed by atoms with Crippen LogP contribution in [-0.2, 0) is 4.79 Å². The first-order valence-corrected chi connectivity index (χ1v) is 7.70. The average molecular weight is 299 g/mol. The number of aromatic nitrogens is 3. The summed E-state index contributed by atoms with van der Waals surface area (Å²) in [6.45, 7) is 5.44. The predicted molar refractivity (Wildman–Crippen MR) is 85.6 cm³/mol. The van der Waals surface area contributed by atoms with Gasteiger partial charge in [-0.2, -0.15) is 0 Å². The van der Waals surface area contributed by atoms with Crippen molar-refractivity contribution in [3.05, 3.63) is 36.2 Å². The van der Waals surface area contributed by atoms with E-state index in [-0.39, 0.29) is 11.9 Å². The van der Waals surface area contributed by atoms with Gasteiger partial charge in [-0.3, -0.25) is 4.79 Å².